The summed E-state index contributed by atoms with van der Waals surface area (Å²) in [7, 11) is 0. The highest BCUT2D eigenvalue weighted by Crippen LogP contribution is 2.27. The van der Waals surface area contributed by atoms with Gasteiger partial charge in [0.25, 0.3) is 0 Å². The molecule has 0 aliphatic heterocycles. The Hall–Kier alpha value is -1.65. The molecule has 0 aliphatic rings. The van der Waals surface area contributed by atoms with Crippen molar-refractivity contribution in [1.82, 2.24) is 4.98 Å². The summed E-state index contributed by atoms with van der Waals surface area (Å²) in [5, 5.41) is 3.13. The molecule has 0 atom stereocenters. The van der Waals surface area contributed by atoms with Crippen molar-refractivity contribution in [1.29, 1.82) is 0 Å². The van der Waals surface area contributed by atoms with Gasteiger partial charge in [-0.25, -0.2) is 4.98 Å². The lowest BCUT2D eigenvalue weighted by atomic mass is 10.1. The fraction of sp³-hybridized carbons (Fsp3) is 0.444. The predicted octanol–water partition coefficient (Wildman–Crippen LogP) is 1.04. The minimum Gasteiger partial charge on any atom is -0.397 e. The van der Waals surface area contributed by atoms with Crippen molar-refractivity contribution in [3.8, 4) is 0 Å². The predicted molar refractivity (Wildman–Crippen MR) is 60.8 cm³/mol. The second-order valence-corrected chi connectivity index (χ2v) is 4.27. The van der Waals surface area contributed by atoms with Crippen molar-refractivity contribution >= 4 is 23.0 Å². The lowest BCUT2D eigenvalue weighted by molar-refractivity contribution is 0.631. The summed E-state index contributed by atoms with van der Waals surface area (Å²) in [5.74, 6) is 0.901. The standard InChI is InChI=1S/C9H17N5/c1-9(2,3)14-8-7(12)5(10)4-6(11)13-8/h4H,12H2,1-3H3,(H5,10,11,13,14). The largest absolute Gasteiger partial charge is 0.397 e. The smallest absolute Gasteiger partial charge is 0.154 e. The second kappa shape index (κ2) is 3.25. The number of nitrogens with one attached hydrogen (secondary N) is 1. The van der Waals surface area contributed by atoms with Gasteiger partial charge in [-0.05, 0) is 20.8 Å². The Balaban J connectivity index is 3.09. The van der Waals surface area contributed by atoms with Gasteiger partial charge in [0.1, 0.15) is 5.82 Å². The minimum absolute atomic E-state index is 0.124. The SMILES string of the molecule is CC(C)(C)Nc1nc(N)cc(N)c1N. The molecule has 1 heterocycles. The van der Waals surface area contributed by atoms with Crippen LogP contribution in [0.25, 0.3) is 0 Å². The van der Waals surface area contributed by atoms with Gasteiger partial charge in [0.15, 0.2) is 5.82 Å². The maximum atomic E-state index is 5.75. The summed E-state index contributed by atoms with van der Waals surface area (Å²) in [6.07, 6.45) is 0. The monoisotopic (exact) mass is 195 g/mol. The number of hydrogen-bond acceptors (Lipinski definition) is 5. The molecule has 5 nitrogen and oxygen atoms in total. The van der Waals surface area contributed by atoms with E-state index in [1.807, 2.05) is 20.8 Å². The van der Waals surface area contributed by atoms with E-state index in [1.165, 1.54) is 0 Å². The zero-order valence-electron chi connectivity index (χ0n) is 8.76. The van der Waals surface area contributed by atoms with Crippen LogP contribution in [0.5, 0.6) is 0 Å². The van der Waals surface area contributed by atoms with Gasteiger partial charge < -0.3 is 22.5 Å². The van der Waals surface area contributed by atoms with Crippen LogP contribution in [0.2, 0.25) is 0 Å². The third-order valence-electron chi connectivity index (χ3n) is 1.60. The average molecular weight is 195 g/mol. The first-order chi connectivity index (χ1) is 6.29. The highest BCUT2D eigenvalue weighted by atomic mass is 15.1. The van der Waals surface area contributed by atoms with Gasteiger partial charge >= 0.3 is 0 Å². The molecular weight excluding hydrogens is 178 g/mol. The van der Waals surface area contributed by atoms with Crippen LogP contribution in [0.4, 0.5) is 23.0 Å². The molecule has 0 spiro atoms. The van der Waals surface area contributed by atoms with E-state index in [1.54, 1.807) is 6.07 Å². The number of nitrogens with two attached hydrogens (primary N) is 3. The average Bonchev–Trinajstić information content (AvgIpc) is 1.96. The number of hydrogen-bond donors (Lipinski definition) is 4. The first kappa shape index (κ1) is 10.4. The summed E-state index contributed by atoms with van der Waals surface area (Å²) in [6, 6.07) is 1.54. The molecule has 5 heteroatoms. The van der Waals surface area contributed by atoms with E-state index in [0.717, 1.165) is 0 Å². The molecule has 1 aromatic rings. The van der Waals surface area contributed by atoms with Gasteiger partial charge in [0.05, 0.1) is 11.4 Å². The van der Waals surface area contributed by atoms with E-state index in [4.69, 9.17) is 17.2 Å². The Morgan fingerprint density at radius 2 is 1.79 bits per heavy atom. The van der Waals surface area contributed by atoms with E-state index in [-0.39, 0.29) is 5.54 Å². The van der Waals surface area contributed by atoms with Crippen molar-refractivity contribution in [2.24, 2.45) is 0 Å². The van der Waals surface area contributed by atoms with E-state index < -0.39 is 0 Å². The Labute approximate surface area is 83.7 Å². The molecule has 1 aromatic heterocycles. The Morgan fingerprint density at radius 3 is 2.29 bits per heavy atom. The third kappa shape index (κ3) is 2.42. The summed E-state index contributed by atoms with van der Waals surface area (Å²) in [6.45, 7) is 6.02. The highest BCUT2D eigenvalue weighted by Gasteiger charge is 2.14. The first-order valence-electron chi connectivity index (χ1n) is 4.39. The molecule has 0 fully saturated rings. The van der Waals surface area contributed by atoms with E-state index in [0.29, 0.717) is 23.0 Å². The van der Waals surface area contributed by atoms with Gasteiger partial charge in [-0.15, -0.1) is 0 Å². The maximum absolute atomic E-state index is 5.75. The molecule has 0 radical (unpaired) electrons. The van der Waals surface area contributed by atoms with Crippen molar-refractivity contribution in [2.75, 3.05) is 22.5 Å². The van der Waals surface area contributed by atoms with Gasteiger partial charge in [-0.2, -0.15) is 0 Å². The van der Waals surface area contributed by atoms with Crippen LogP contribution < -0.4 is 22.5 Å². The van der Waals surface area contributed by atoms with E-state index in [2.05, 4.69) is 10.3 Å². The van der Waals surface area contributed by atoms with Crippen molar-refractivity contribution in [2.45, 2.75) is 26.3 Å². The molecule has 1 rings (SSSR count). The Bertz CT molecular complexity index is 340. The second-order valence-electron chi connectivity index (χ2n) is 4.27. The maximum Gasteiger partial charge on any atom is 0.154 e. The van der Waals surface area contributed by atoms with Crippen LogP contribution >= 0.6 is 0 Å². The fourth-order valence-corrected chi connectivity index (χ4v) is 1.05. The molecule has 0 amide bonds. The summed E-state index contributed by atoms with van der Waals surface area (Å²) < 4.78 is 0. The number of anilines is 4. The summed E-state index contributed by atoms with van der Waals surface area (Å²) in [5.41, 5.74) is 17.7. The van der Waals surface area contributed by atoms with Crippen LogP contribution in [0.15, 0.2) is 6.07 Å². The molecular formula is C9H17N5. The van der Waals surface area contributed by atoms with Crippen LogP contribution in [0.1, 0.15) is 20.8 Å². The van der Waals surface area contributed by atoms with E-state index in [9.17, 15) is 0 Å². The quantitative estimate of drug-likeness (QED) is 0.536. The summed E-state index contributed by atoms with van der Waals surface area (Å²) in [4.78, 5) is 4.08. The van der Waals surface area contributed by atoms with Crippen LogP contribution in [-0.4, -0.2) is 10.5 Å². The number of nitrogens with zero attached hydrogens (tertiary/aromatic N) is 1. The molecule has 78 valence electrons. The number of aromatic nitrogens is 1. The minimum atomic E-state index is -0.124. The van der Waals surface area contributed by atoms with Crippen molar-refractivity contribution in [3.05, 3.63) is 6.07 Å². The molecule has 14 heavy (non-hydrogen) atoms. The number of pyridine rings is 1. The first-order valence-corrected chi connectivity index (χ1v) is 4.39. The zero-order chi connectivity index (χ0) is 10.9. The van der Waals surface area contributed by atoms with Gasteiger partial charge in [0.2, 0.25) is 0 Å². The fourth-order valence-electron chi connectivity index (χ4n) is 1.05. The Morgan fingerprint density at radius 1 is 1.21 bits per heavy atom. The lowest BCUT2D eigenvalue weighted by Gasteiger charge is -2.22. The van der Waals surface area contributed by atoms with Crippen LogP contribution in [-0.2, 0) is 0 Å². The Kier molecular flexibility index (Phi) is 2.42. The number of rotatable bonds is 1. The van der Waals surface area contributed by atoms with Crippen molar-refractivity contribution in [3.63, 3.8) is 0 Å². The molecule has 0 unspecified atom stereocenters. The molecule has 0 saturated carbocycles. The lowest BCUT2D eigenvalue weighted by Crippen LogP contribution is -2.27. The molecule has 7 N–H and O–H groups in total. The normalized spacial score (nSPS) is 11.4. The van der Waals surface area contributed by atoms with Gasteiger partial charge in [0, 0.05) is 11.6 Å². The zero-order valence-corrected chi connectivity index (χ0v) is 8.76. The van der Waals surface area contributed by atoms with E-state index >= 15 is 0 Å². The molecule has 0 saturated heterocycles. The highest BCUT2D eigenvalue weighted by molar-refractivity contribution is 5.78. The van der Waals surface area contributed by atoms with Crippen LogP contribution in [0.3, 0.4) is 0 Å². The molecule has 0 bridgehead atoms. The van der Waals surface area contributed by atoms with Gasteiger partial charge in [-0.3, -0.25) is 0 Å². The molecule has 0 aliphatic carbocycles. The topological polar surface area (TPSA) is 103 Å². The van der Waals surface area contributed by atoms with Gasteiger partial charge in [-0.1, -0.05) is 0 Å². The number of nitrogen functional groups attached to an aromatic ring is 3. The van der Waals surface area contributed by atoms with Crippen LogP contribution in [0, 0.1) is 0 Å². The molecule has 0 aromatic carbocycles. The third-order valence-corrected chi connectivity index (χ3v) is 1.60. The van der Waals surface area contributed by atoms with Crippen molar-refractivity contribution < 1.29 is 0 Å². The summed E-state index contributed by atoms with van der Waals surface area (Å²) >= 11 is 0.